The first-order chi connectivity index (χ1) is 11.0. The van der Waals surface area contributed by atoms with Crippen molar-refractivity contribution in [2.75, 3.05) is 5.32 Å². The molecule has 0 aliphatic carbocycles. The number of benzene rings is 1. The zero-order chi connectivity index (χ0) is 16.6. The number of hydrogen-bond acceptors (Lipinski definition) is 2. The van der Waals surface area contributed by atoms with Crippen LogP contribution >= 0.6 is 27.5 Å². The highest BCUT2D eigenvalue weighted by Gasteiger charge is 2.19. The quantitative estimate of drug-likeness (QED) is 0.691. The number of imidazole rings is 1. The lowest BCUT2D eigenvalue weighted by Crippen LogP contribution is -2.17. The summed E-state index contributed by atoms with van der Waals surface area (Å²) in [6.45, 7) is 3.86. The predicted molar refractivity (Wildman–Crippen MR) is 96.4 cm³/mol. The Bertz CT molecular complexity index is 904. The predicted octanol–water partition coefficient (Wildman–Crippen LogP) is 4.87. The third kappa shape index (κ3) is 2.99. The molecule has 118 valence electrons. The van der Waals surface area contributed by atoms with Crippen LogP contribution in [-0.4, -0.2) is 15.3 Å². The van der Waals surface area contributed by atoms with Gasteiger partial charge in [0, 0.05) is 21.4 Å². The van der Waals surface area contributed by atoms with Crippen LogP contribution in [0.25, 0.3) is 5.65 Å². The van der Waals surface area contributed by atoms with Crippen LogP contribution in [0.1, 0.15) is 28.7 Å². The van der Waals surface area contributed by atoms with Crippen molar-refractivity contribution in [2.45, 2.75) is 20.3 Å². The molecular formula is C17H15BrClN3O. The number of nitrogens with zero attached hydrogens (tertiary/aromatic N) is 2. The lowest BCUT2D eigenvalue weighted by molar-refractivity contribution is 0.102. The molecule has 0 bridgehead atoms. The fourth-order valence-electron chi connectivity index (χ4n) is 2.48. The van der Waals surface area contributed by atoms with Gasteiger partial charge >= 0.3 is 0 Å². The Morgan fingerprint density at radius 1 is 1.35 bits per heavy atom. The number of hydrogen-bond donors (Lipinski definition) is 1. The number of halogens is 2. The van der Waals surface area contributed by atoms with Crippen LogP contribution in [0.4, 0.5) is 5.69 Å². The molecule has 3 aromatic rings. The van der Waals surface area contributed by atoms with Crippen molar-refractivity contribution >= 4 is 44.8 Å². The van der Waals surface area contributed by atoms with Crippen molar-refractivity contribution in [1.29, 1.82) is 0 Å². The van der Waals surface area contributed by atoms with Crippen molar-refractivity contribution in [1.82, 2.24) is 9.38 Å². The summed E-state index contributed by atoms with van der Waals surface area (Å²) in [7, 11) is 0. The van der Waals surface area contributed by atoms with E-state index in [1.54, 1.807) is 10.5 Å². The van der Waals surface area contributed by atoms with Crippen LogP contribution in [0, 0.1) is 6.92 Å². The van der Waals surface area contributed by atoms with Crippen LogP contribution in [-0.2, 0) is 6.42 Å². The maximum atomic E-state index is 12.8. The van der Waals surface area contributed by atoms with Gasteiger partial charge in [0.15, 0.2) is 0 Å². The third-order valence-corrected chi connectivity index (χ3v) is 4.60. The summed E-state index contributed by atoms with van der Waals surface area (Å²) in [6.07, 6.45) is 2.53. The maximum absolute atomic E-state index is 12.8. The molecule has 4 nitrogen and oxygen atoms in total. The summed E-state index contributed by atoms with van der Waals surface area (Å²) < 4.78 is 2.69. The van der Waals surface area contributed by atoms with Gasteiger partial charge in [-0.25, -0.2) is 4.98 Å². The summed E-state index contributed by atoms with van der Waals surface area (Å²) in [5.74, 6) is -0.196. The van der Waals surface area contributed by atoms with Gasteiger partial charge in [-0.05, 0) is 59.1 Å². The molecule has 0 aliphatic heterocycles. The maximum Gasteiger partial charge on any atom is 0.274 e. The summed E-state index contributed by atoms with van der Waals surface area (Å²) in [5.41, 5.74) is 3.60. The first-order valence-electron chi connectivity index (χ1n) is 7.24. The minimum absolute atomic E-state index is 0.196. The molecule has 2 heterocycles. The Hall–Kier alpha value is -1.85. The second-order valence-electron chi connectivity index (χ2n) is 5.20. The second kappa shape index (κ2) is 6.34. The molecule has 0 fully saturated rings. The van der Waals surface area contributed by atoms with Gasteiger partial charge in [0.05, 0.1) is 5.69 Å². The molecule has 0 saturated heterocycles. The van der Waals surface area contributed by atoms with Gasteiger partial charge in [0.1, 0.15) is 11.3 Å². The molecule has 0 saturated carbocycles. The minimum Gasteiger partial charge on any atom is -0.320 e. The monoisotopic (exact) mass is 391 g/mol. The van der Waals surface area contributed by atoms with Crippen LogP contribution in [0.3, 0.4) is 0 Å². The largest absolute Gasteiger partial charge is 0.320 e. The van der Waals surface area contributed by atoms with Gasteiger partial charge < -0.3 is 5.32 Å². The van der Waals surface area contributed by atoms with E-state index in [9.17, 15) is 4.79 Å². The van der Waals surface area contributed by atoms with Gasteiger partial charge in [-0.3, -0.25) is 9.20 Å². The minimum atomic E-state index is -0.196. The number of aryl methyl sites for hydroxylation is 1. The van der Waals surface area contributed by atoms with Crippen molar-refractivity contribution in [2.24, 2.45) is 0 Å². The second-order valence-corrected chi connectivity index (χ2v) is 6.53. The van der Waals surface area contributed by atoms with E-state index in [1.165, 1.54) is 0 Å². The van der Waals surface area contributed by atoms with Gasteiger partial charge in [0.25, 0.3) is 5.91 Å². The molecule has 1 aromatic carbocycles. The van der Waals surface area contributed by atoms with Gasteiger partial charge in [-0.2, -0.15) is 0 Å². The number of carbonyl (C=O) groups excluding carboxylic acids is 1. The highest BCUT2D eigenvalue weighted by molar-refractivity contribution is 9.10. The molecule has 1 amide bonds. The summed E-state index contributed by atoms with van der Waals surface area (Å²) >= 11 is 9.56. The standard InChI is InChI=1S/C17H15BrClN3O/c1-3-13-16(22-9-11(18)7-8-15(22)20-13)17(23)21-14-6-4-5-12(19)10(14)2/h4-9H,3H2,1-2H3,(H,21,23). The van der Waals surface area contributed by atoms with Crippen molar-refractivity contribution in [3.63, 3.8) is 0 Å². The van der Waals surface area contributed by atoms with E-state index < -0.39 is 0 Å². The molecule has 0 aliphatic rings. The molecule has 23 heavy (non-hydrogen) atoms. The van der Waals surface area contributed by atoms with Gasteiger partial charge in [-0.15, -0.1) is 0 Å². The van der Waals surface area contributed by atoms with Crippen LogP contribution < -0.4 is 5.32 Å². The van der Waals surface area contributed by atoms with E-state index in [-0.39, 0.29) is 5.91 Å². The SMILES string of the molecule is CCc1nc2ccc(Br)cn2c1C(=O)Nc1cccc(Cl)c1C. The van der Waals surface area contributed by atoms with Gasteiger partial charge in [-0.1, -0.05) is 24.6 Å². The van der Waals surface area contributed by atoms with E-state index >= 15 is 0 Å². The van der Waals surface area contributed by atoms with Crippen LogP contribution in [0.2, 0.25) is 5.02 Å². The Morgan fingerprint density at radius 3 is 2.87 bits per heavy atom. The number of fused-ring (bicyclic) bond motifs is 1. The average Bonchev–Trinajstić information content (AvgIpc) is 2.89. The number of aromatic nitrogens is 2. The molecule has 0 spiro atoms. The smallest absolute Gasteiger partial charge is 0.274 e. The summed E-state index contributed by atoms with van der Waals surface area (Å²) in [4.78, 5) is 17.3. The van der Waals surface area contributed by atoms with Crippen LogP contribution in [0.5, 0.6) is 0 Å². The zero-order valence-corrected chi connectivity index (χ0v) is 15.1. The summed E-state index contributed by atoms with van der Waals surface area (Å²) in [6, 6.07) is 9.24. The molecule has 1 N–H and O–H groups in total. The number of amides is 1. The Morgan fingerprint density at radius 2 is 2.13 bits per heavy atom. The first kappa shape index (κ1) is 16.0. The number of nitrogens with one attached hydrogen (secondary N) is 1. The molecule has 0 unspecified atom stereocenters. The average molecular weight is 393 g/mol. The third-order valence-electron chi connectivity index (χ3n) is 3.72. The topological polar surface area (TPSA) is 46.4 Å². The molecule has 3 rings (SSSR count). The Kier molecular flexibility index (Phi) is 4.41. The number of pyridine rings is 1. The van der Waals surface area contributed by atoms with Crippen LogP contribution in [0.15, 0.2) is 41.0 Å². The first-order valence-corrected chi connectivity index (χ1v) is 8.41. The number of anilines is 1. The molecular weight excluding hydrogens is 378 g/mol. The molecule has 0 radical (unpaired) electrons. The molecule has 0 atom stereocenters. The van der Waals surface area contributed by atoms with Crippen molar-refractivity contribution < 1.29 is 4.79 Å². The highest BCUT2D eigenvalue weighted by Crippen LogP contribution is 2.24. The Labute approximate surface area is 147 Å². The fourth-order valence-corrected chi connectivity index (χ4v) is 2.99. The zero-order valence-electron chi connectivity index (χ0n) is 12.7. The highest BCUT2D eigenvalue weighted by atomic mass is 79.9. The fraction of sp³-hybridized carbons (Fsp3) is 0.176. The van der Waals surface area contributed by atoms with E-state index in [4.69, 9.17) is 11.6 Å². The van der Waals surface area contributed by atoms with Gasteiger partial charge in [0.2, 0.25) is 0 Å². The van der Waals surface area contributed by atoms with Crippen molar-refractivity contribution in [3.05, 3.63) is 63.0 Å². The molecule has 2 aromatic heterocycles. The lowest BCUT2D eigenvalue weighted by Gasteiger charge is -2.10. The normalized spacial score (nSPS) is 11.0. The van der Waals surface area contributed by atoms with Crippen molar-refractivity contribution in [3.8, 4) is 0 Å². The number of rotatable bonds is 3. The number of carbonyl (C=O) groups is 1. The molecule has 6 heteroatoms. The van der Waals surface area contributed by atoms with E-state index in [0.717, 1.165) is 21.4 Å². The Balaban J connectivity index is 2.06. The van der Waals surface area contributed by atoms with E-state index in [2.05, 4.69) is 26.2 Å². The summed E-state index contributed by atoms with van der Waals surface area (Å²) in [5, 5.41) is 3.56. The lowest BCUT2D eigenvalue weighted by atomic mass is 10.2. The van der Waals surface area contributed by atoms with E-state index in [0.29, 0.717) is 22.8 Å². The van der Waals surface area contributed by atoms with E-state index in [1.807, 2.05) is 44.3 Å².